The number of carbonyl (C=O) groups is 5. The smallest absolute Gasteiger partial charge is 0.305 e. The minimum absolute atomic E-state index is 0.166. The molecule has 0 aromatic carbocycles. The third-order valence-corrected chi connectivity index (χ3v) is 5.59. The summed E-state index contributed by atoms with van der Waals surface area (Å²) < 4.78 is 0. The standard InChI is InChI=1S/C24H39N5O6/c1-12(2)19(25)23(34)28-17(11-18(30)31)22(33)29-20(13(3)4)24(35)27-16(21(32)14(5)6)10-15-8-7-9-26-15/h7-9,12-14,16-17,19-20,26H,10-11,25H2,1-6H3,(H,27,35)(H,28,34)(H,29,33)(H,30,31)/t16-,17-,19-,20-/m0/s1. The van der Waals surface area contributed by atoms with E-state index in [1.54, 1.807) is 59.9 Å². The van der Waals surface area contributed by atoms with Gasteiger partial charge < -0.3 is 31.8 Å². The van der Waals surface area contributed by atoms with Gasteiger partial charge in [0, 0.05) is 24.2 Å². The van der Waals surface area contributed by atoms with Gasteiger partial charge in [-0.2, -0.15) is 0 Å². The molecular formula is C24H39N5O6. The number of rotatable bonds is 14. The van der Waals surface area contributed by atoms with E-state index >= 15 is 0 Å². The first kappa shape index (κ1) is 29.8. The van der Waals surface area contributed by atoms with Gasteiger partial charge in [-0.05, 0) is 24.0 Å². The molecule has 1 aromatic rings. The van der Waals surface area contributed by atoms with Crippen LogP contribution in [-0.4, -0.2) is 63.7 Å². The molecule has 0 radical (unpaired) electrons. The second-order valence-electron chi connectivity index (χ2n) is 9.68. The fraction of sp³-hybridized carbons (Fsp3) is 0.625. The Balaban J connectivity index is 3.04. The topological polar surface area (TPSA) is 183 Å². The minimum atomic E-state index is -1.43. The summed E-state index contributed by atoms with van der Waals surface area (Å²) >= 11 is 0. The van der Waals surface area contributed by atoms with E-state index in [9.17, 15) is 29.1 Å². The number of hydrogen-bond donors (Lipinski definition) is 6. The van der Waals surface area contributed by atoms with Crippen molar-refractivity contribution in [3.63, 3.8) is 0 Å². The number of aromatic amines is 1. The normalized spacial score (nSPS) is 14.8. The zero-order valence-corrected chi connectivity index (χ0v) is 21.3. The average Bonchev–Trinajstić information content (AvgIpc) is 3.27. The lowest BCUT2D eigenvalue weighted by atomic mass is 9.96. The van der Waals surface area contributed by atoms with Gasteiger partial charge in [-0.25, -0.2) is 0 Å². The SMILES string of the molecule is CC(C)C(=O)[C@H](Cc1ccc[nH]1)NC(=O)[C@@H](NC(=O)[C@H](CC(=O)O)NC(=O)[C@@H](N)C(C)C)C(C)C. The number of carbonyl (C=O) groups excluding carboxylic acids is 4. The fourth-order valence-corrected chi connectivity index (χ4v) is 3.34. The number of hydrogen-bond acceptors (Lipinski definition) is 6. The van der Waals surface area contributed by atoms with E-state index in [1.807, 2.05) is 0 Å². The van der Waals surface area contributed by atoms with Gasteiger partial charge in [-0.1, -0.05) is 41.5 Å². The van der Waals surface area contributed by atoms with E-state index in [2.05, 4.69) is 20.9 Å². The molecule has 4 atom stereocenters. The van der Waals surface area contributed by atoms with Crippen molar-refractivity contribution in [3.05, 3.63) is 24.0 Å². The molecule has 0 spiro atoms. The molecule has 3 amide bonds. The number of ketones is 1. The highest BCUT2D eigenvalue weighted by Gasteiger charge is 2.33. The number of carboxylic acid groups (broad SMARTS) is 1. The van der Waals surface area contributed by atoms with E-state index in [0.29, 0.717) is 0 Å². The van der Waals surface area contributed by atoms with Gasteiger partial charge in [0.05, 0.1) is 18.5 Å². The van der Waals surface area contributed by atoms with Gasteiger partial charge in [0.2, 0.25) is 17.7 Å². The molecular weight excluding hydrogens is 454 g/mol. The zero-order chi connectivity index (χ0) is 26.9. The van der Waals surface area contributed by atoms with Crippen LogP contribution in [-0.2, 0) is 30.4 Å². The van der Waals surface area contributed by atoms with Crippen LogP contribution in [0.3, 0.4) is 0 Å². The molecule has 0 fully saturated rings. The summed E-state index contributed by atoms with van der Waals surface area (Å²) in [6, 6.07) is -0.661. The average molecular weight is 494 g/mol. The molecule has 0 saturated heterocycles. The molecule has 196 valence electrons. The third-order valence-electron chi connectivity index (χ3n) is 5.59. The summed E-state index contributed by atoms with van der Waals surface area (Å²) in [5.74, 6) is -4.50. The maximum absolute atomic E-state index is 13.1. The number of nitrogens with one attached hydrogen (secondary N) is 4. The van der Waals surface area contributed by atoms with Crippen molar-refractivity contribution >= 4 is 29.5 Å². The summed E-state index contributed by atoms with van der Waals surface area (Å²) in [6.07, 6.45) is 1.28. The Kier molecular flexibility index (Phi) is 11.6. The first-order valence-corrected chi connectivity index (χ1v) is 11.8. The second kappa shape index (κ2) is 13.6. The van der Waals surface area contributed by atoms with Crippen molar-refractivity contribution in [3.8, 4) is 0 Å². The van der Waals surface area contributed by atoms with Crippen LogP contribution in [0.2, 0.25) is 0 Å². The van der Waals surface area contributed by atoms with Gasteiger partial charge >= 0.3 is 5.97 Å². The Morgan fingerprint density at radius 2 is 1.49 bits per heavy atom. The number of Topliss-reactive ketones (excluding diaryl/α,β-unsaturated/α-hetero) is 1. The predicted molar refractivity (Wildman–Crippen MR) is 130 cm³/mol. The van der Waals surface area contributed by atoms with Crippen LogP contribution in [0.25, 0.3) is 0 Å². The quantitative estimate of drug-likeness (QED) is 0.216. The van der Waals surface area contributed by atoms with Crippen LogP contribution in [0, 0.1) is 17.8 Å². The van der Waals surface area contributed by atoms with E-state index in [4.69, 9.17) is 5.73 Å². The maximum Gasteiger partial charge on any atom is 0.305 e. The predicted octanol–water partition coefficient (Wildman–Crippen LogP) is 0.351. The number of carboxylic acids is 1. The highest BCUT2D eigenvalue weighted by atomic mass is 16.4. The lowest BCUT2D eigenvalue weighted by molar-refractivity contribution is -0.141. The number of amides is 3. The molecule has 11 nitrogen and oxygen atoms in total. The largest absolute Gasteiger partial charge is 0.481 e. The number of aliphatic carboxylic acids is 1. The lowest BCUT2D eigenvalue weighted by Crippen LogP contribution is -2.59. The Hall–Kier alpha value is -3.21. The van der Waals surface area contributed by atoms with Crippen molar-refractivity contribution in [1.29, 1.82) is 0 Å². The molecule has 0 saturated carbocycles. The Morgan fingerprint density at radius 1 is 0.886 bits per heavy atom. The summed E-state index contributed by atoms with van der Waals surface area (Å²) in [5.41, 5.74) is 6.57. The van der Waals surface area contributed by atoms with Gasteiger partial charge in [-0.15, -0.1) is 0 Å². The van der Waals surface area contributed by atoms with E-state index in [-0.39, 0.29) is 24.0 Å². The zero-order valence-electron chi connectivity index (χ0n) is 21.3. The molecule has 0 aliphatic carbocycles. The second-order valence-corrected chi connectivity index (χ2v) is 9.68. The first-order valence-electron chi connectivity index (χ1n) is 11.8. The Labute approximate surface area is 206 Å². The lowest BCUT2D eigenvalue weighted by Gasteiger charge is -2.28. The molecule has 0 aliphatic heterocycles. The highest BCUT2D eigenvalue weighted by Crippen LogP contribution is 2.10. The van der Waals surface area contributed by atoms with Gasteiger partial charge in [-0.3, -0.25) is 24.0 Å². The van der Waals surface area contributed by atoms with Crippen LogP contribution < -0.4 is 21.7 Å². The monoisotopic (exact) mass is 493 g/mol. The van der Waals surface area contributed by atoms with E-state index < -0.39 is 60.2 Å². The van der Waals surface area contributed by atoms with Crippen molar-refractivity contribution in [2.45, 2.75) is 78.6 Å². The van der Waals surface area contributed by atoms with Gasteiger partial charge in [0.15, 0.2) is 5.78 Å². The highest BCUT2D eigenvalue weighted by molar-refractivity contribution is 5.96. The van der Waals surface area contributed by atoms with Crippen LogP contribution in [0.4, 0.5) is 0 Å². The third kappa shape index (κ3) is 9.51. The van der Waals surface area contributed by atoms with Crippen LogP contribution in [0.15, 0.2) is 18.3 Å². The van der Waals surface area contributed by atoms with E-state index in [1.165, 1.54) is 0 Å². The van der Waals surface area contributed by atoms with Crippen molar-refractivity contribution in [1.82, 2.24) is 20.9 Å². The molecule has 7 N–H and O–H groups in total. The van der Waals surface area contributed by atoms with Crippen LogP contribution in [0.5, 0.6) is 0 Å². The number of H-pyrrole nitrogens is 1. The summed E-state index contributed by atoms with van der Waals surface area (Å²) in [5, 5.41) is 16.9. The maximum atomic E-state index is 13.1. The van der Waals surface area contributed by atoms with Gasteiger partial charge in [0.25, 0.3) is 0 Å². The molecule has 1 rings (SSSR count). The summed E-state index contributed by atoms with van der Waals surface area (Å²) in [4.78, 5) is 65.5. The van der Waals surface area contributed by atoms with Crippen molar-refractivity contribution < 1.29 is 29.1 Å². The molecule has 35 heavy (non-hydrogen) atoms. The summed E-state index contributed by atoms with van der Waals surface area (Å²) in [6.45, 7) is 10.3. The Morgan fingerprint density at radius 3 is 1.94 bits per heavy atom. The number of nitrogens with two attached hydrogens (primary N) is 1. The first-order chi connectivity index (χ1) is 16.2. The van der Waals surface area contributed by atoms with Crippen LogP contribution in [0.1, 0.15) is 53.7 Å². The number of aromatic nitrogens is 1. The van der Waals surface area contributed by atoms with Crippen LogP contribution >= 0.6 is 0 Å². The summed E-state index contributed by atoms with van der Waals surface area (Å²) in [7, 11) is 0. The molecule has 1 aromatic heterocycles. The van der Waals surface area contributed by atoms with Crippen molar-refractivity contribution in [2.75, 3.05) is 0 Å². The minimum Gasteiger partial charge on any atom is -0.481 e. The molecule has 0 bridgehead atoms. The molecule has 0 unspecified atom stereocenters. The molecule has 1 heterocycles. The van der Waals surface area contributed by atoms with E-state index in [0.717, 1.165) is 5.69 Å². The molecule has 11 heteroatoms. The molecule has 0 aliphatic rings. The van der Waals surface area contributed by atoms with Crippen molar-refractivity contribution in [2.24, 2.45) is 23.5 Å². The fourth-order valence-electron chi connectivity index (χ4n) is 3.34. The Bertz CT molecular complexity index is 881. The van der Waals surface area contributed by atoms with Gasteiger partial charge in [0.1, 0.15) is 12.1 Å².